The minimum absolute atomic E-state index is 0.0295. The van der Waals surface area contributed by atoms with Crippen molar-refractivity contribution in [1.82, 2.24) is 4.31 Å². The molecule has 2 saturated carbocycles. The Labute approximate surface area is 134 Å². The van der Waals surface area contributed by atoms with Crippen LogP contribution in [0, 0.1) is 28.6 Å². The maximum absolute atomic E-state index is 13.0. The topological polar surface area (TPSA) is 54.5 Å². The first-order valence-electron chi connectivity index (χ1n) is 8.59. The highest BCUT2D eigenvalue weighted by atomic mass is 32.2. The molecule has 4 atom stereocenters. The molecule has 2 aliphatic carbocycles. The molecule has 0 aromatic carbocycles. The molecule has 0 aromatic rings. The summed E-state index contributed by atoms with van der Waals surface area (Å²) in [6.45, 7) is 9.67. The van der Waals surface area contributed by atoms with E-state index in [0.717, 1.165) is 19.3 Å². The van der Waals surface area contributed by atoms with E-state index in [0.29, 0.717) is 37.3 Å². The van der Waals surface area contributed by atoms with Crippen molar-refractivity contribution in [3.8, 4) is 0 Å². The molecule has 1 saturated heterocycles. The van der Waals surface area contributed by atoms with Gasteiger partial charge in [0.1, 0.15) is 5.78 Å². The summed E-state index contributed by atoms with van der Waals surface area (Å²) in [5.41, 5.74) is -0.815. The smallest absolute Gasteiger partial charge is 0.215 e. The predicted octanol–water partition coefficient (Wildman–Crippen LogP) is 2.69. The summed E-state index contributed by atoms with van der Waals surface area (Å²) in [6, 6.07) is 0. The van der Waals surface area contributed by atoms with Crippen LogP contribution >= 0.6 is 0 Å². The molecule has 3 rings (SSSR count). The van der Waals surface area contributed by atoms with Crippen LogP contribution in [0.4, 0.5) is 0 Å². The Bertz CT molecular complexity index is 573. The zero-order chi connectivity index (χ0) is 16.3. The Morgan fingerprint density at radius 1 is 1.18 bits per heavy atom. The van der Waals surface area contributed by atoms with Gasteiger partial charge < -0.3 is 0 Å². The van der Waals surface area contributed by atoms with Crippen LogP contribution in [0.15, 0.2) is 0 Å². The van der Waals surface area contributed by atoms with Crippen LogP contribution in [0.1, 0.15) is 53.4 Å². The lowest BCUT2D eigenvalue weighted by atomic mass is 9.70. The molecule has 3 fully saturated rings. The zero-order valence-corrected chi connectivity index (χ0v) is 15.1. The first-order valence-corrected chi connectivity index (χ1v) is 10.2. The molecule has 0 N–H and O–H groups in total. The second kappa shape index (κ2) is 5.04. The van der Waals surface area contributed by atoms with Crippen molar-refractivity contribution in [2.45, 2.75) is 53.4 Å². The Morgan fingerprint density at radius 3 is 2.23 bits per heavy atom. The minimum Gasteiger partial charge on any atom is -0.299 e. The molecule has 0 spiro atoms. The molecule has 126 valence electrons. The van der Waals surface area contributed by atoms with Crippen LogP contribution in [-0.2, 0) is 14.8 Å². The van der Waals surface area contributed by atoms with Crippen LogP contribution in [0.5, 0.6) is 0 Å². The fourth-order valence-electron chi connectivity index (χ4n) is 5.34. The van der Waals surface area contributed by atoms with E-state index in [1.165, 1.54) is 0 Å². The molecule has 1 aliphatic heterocycles. The Kier molecular flexibility index (Phi) is 3.76. The summed E-state index contributed by atoms with van der Waals surface area (Å²) >= 11 is 0. The fourth-order valence-corrected chi connectivity index (χ4v) is 7.79. The first-order chi connectivity index (χ1) is 10.1. The molecule has 3 aliphatic rings. The summed E-state index contributed by atoms with van der Waals surface area (Å²) in [6.07, 6.45) is 3.42. The van der Waals surface area contributed by atoms with Crippen LogP contribution in [0.2, 0.25) is 0 Å². The summed E-state index contributed by atoms with van der Waals surface area (Å²) in [5, 5.41) is 0. The number of piperidine rings is 1. The molecule has 0 radical (unpaired) electrons. The van der Waals surface area contributed by atoms with Gasteiger partial charge in [-0.25, -0.2) is 12.7 Å². The van der Waals surface area contributed by atoms with Crippen molar-refractivity contribution in [2.75, 3.05) is 18.8 Å². The quantitative estimate of drug-likeness (QED) is 0.801. The number of Topliss-reactive ketones (excluding diaryl/α,β-unsaturated/α-hetero) is 1. The highest BCUT2D eigenvalue weighted by Crippen LogP contribution is 2.64. The van der Waals surface area contributed by atoms with Crippen molar-refractivity contribution >= 4 is 15.8 Å². The number of fused-ring (bicyclic) bond motifs is 2. The van der Waals surface area contributed by atoms with Crippen molar-refractivity contribution in [1.29, 1.82) is 0 Å². The Hall–Kier alpha value is -0.420. The average Bonchev–Trinajstić information content (AvgIpc) is 2.71. The molecule has 2 bridgehead atoms. The van der Waals surface area contributed by atoms with Crippen LogP contribution in [-0.4, -0.2) is 37.3 Å². The molecule has 0 unspecified atom stereocenters. The monoisotopic (exact) mass is 327 g/mol. The van der Waals surface area contributed by atoms with Gasteiger partial charge in [0.25, 0.3) is 0 Å². The third kappa shape index (κ3) is 2.27. The maximum atomic E-state index is 13.0. The summed E-state index contributed by atoms with van der Waals surface area (Å²) in [4.78, 5) is 12.6. The van der Waals surface area contributed by atoms with E-state index >= 15 is 0 Å². The van der Waals surface area contributed by atoms with E-state index in [2.05, 4.69) is 27.7 Å². The van der Waals surface area contributed by atoms with Crippen molar-refractivity contribution < 1.29 is 13.2 Å². The SMILES string of the molecule is C[C@@H]1C[C@H](C)CN(S(=O)(=O)C[C@]23CC[C@H](CC2=O)C3(C)C)C1. The first kappa shape index (κ1) is 16.4. The summed E-state index contributed by atoms with van der Waals surface area (Å²) in [7, 11) is -3.37. The molecule has 1 heterocycles. The lowest BCUT2D eigenvalue weighted by Gasteiger charge is -2.40. The van der Waals surface area contributed by atoms with E-state index in [9.17, 15) is 13.2 Å². The zero-order valence-electron chi connectivity index (χ0n) is 14.3. The largest absolute Gasteiger partial charge is 0.299 e. The normalized spacial score (nSPS) is 42.0. The van der Waals surface area contributed by atoms with Crippen molar-refractivity contribution in [3.05, 3.63) is 0 Å². The lowest BCUT2D eigenvalue weighted by molar-refractivity contribution is -0.128. The van der Waals surface area contributed by atoms with Crippen molar-refractivity contribution in [2.24, 2.45) is 28.6 Å². The number of sulfonamides is 1. The minimum atomic E-state index is -3.37. The van der Waals surface area contributed by atoms with E-state index in [4.69, 9.17) is 0 Å². The Balaban J connectivity index is 1.87. The highest BCUT2D eigenvalue weighted by Gasteiger charge is 2.65. The van der Waals surface area contributed by atoms with E-state index in [-0.39, 0.29) is 17.0 Å². The number of rotatable bonds is 3. The molecule has 22 heavy (non-hydrogen) atoms. The standard InChI is InChI=1S/C17H29NO3S/c1-12-7-13(2)10-18(9-12)22(20,21)11-17-6-5-14(8-15(17)19)16(17,3)4/h12-14H,5-11H2,1-4H3/t12-,13+,14-,17-/m1/s1. The van der Waals surface area contributed by atoms with Gasteiger partial charge in [-0.1, -0.05) is 27.7 Å². The van der Waals surface area contributed by atoms with Crippen molar-refractivity contribution in [3.63, 3.8) is 0 Å². The van der Waals surface area contributed by atoms with Crippen LogP contribution in [0.25, 0.3) is 0 Å². The van der Waals surface area contributed by atoms with Crippen LogP contribution < -0.4 is 0 Å². The number of carbonyl (C=O) groups excluding carboxylic acids is 1. The van der Waals surface area contributed by atoms with Gasteiger partial charge in [0.15, 0.2) is 0 Å². The van der Waals surface area contributed by atoms with Gasteiger partial charge in [-0.15, -0.1) is 0 Å². The van der Waals surface area contributed by atoms with E-state index < -0.39 is 15.4 Å². The molecular formula is C17H29NO3S. The lowest BCUT2D eigenvalue weighted by Crippen LogP contribution is -2.50. The predicted molar refractivity (Wildman–Crippen MR) is 86.9 cm³/mol. The second-order valence-corrected chi connectivity index (χ2v) is 10.7. The number of ketones is 1. The van der Waals surface area contributed by atoms with E-state index in [1.54, 1.807) is 4.31 Å². The van der Waals surface area contributed by atoms with Gasteiger partial charge in [-0.3, -0.25) is 4.79 Å². The van der Waals surface area contributed by atoms with Gasteiger partial charge >= 0.3 is 0 Å². The van der Waals surface area contributed by atoms with Gasteiger partial charge in [0.2, 0.25) is 10.0 Å². The number of hydrogen-bond acceptors (Lipinski definition) is 3. The molecule has 5 heteroatoms. The molecule has 4 nitrogen and oxygen atoms in total. The number of carbonyl (C=O) groups is 1. The molecular weight excluding hydrogens is 298 g/mol. The van der Waals surface area contributed by atoms with Gasteiger partial charge in [-0.2, -0.15) is 0 Å². The van der Waals surface area contributed by atoms with Gasteiger partial charge in [0, 0.05) is 24.9 Å². The Morgan fingerprint density at radius 2 is 1.77 bits per heavy atom. The molecule has 0 aromatic heterocycles. The maximum Gasteiger partial charge on any atom is 0.215 e. The molecule has 0 amide bonds. The van der Waals surface area contributed by atoms with Gasteiger partial charge in [0.05, 0.1) is 5.75 Å². The second-order valence-electron chi connectivity index (χ2n) is 8.69. The third-order valence-corrected chi connectivity index (χ3v) is 8.74. The summed E-state index contributed by atoms with van der Waals surface area (Å²) in [5.74, 6) is 1.39. The van der Waals surface area contributed by atoms with Crippen LogP contribution in [0.3, 0.4) is 0 Å². The third-order valence-electron chi connectivity index (χ3n) is 6.80. The fraction of sp³-hybridized carbons (Fsp3) is 0.941. The average molecular weight is 327 g/mol. The number of nitrogens with zero attached hydrogens (tertiary/aromatic N) is 1. The number of hydrogen-bond donors (Lipinski definition) is 0. The summed E-state index contributed by atoms with van der Waals surface area (Å²) < 4.78 is 27.7. The van der Waals surface area contributed by atoms with E-state index in [1.807, 2.05) is 0 Å². The van der Waals surface area contributed by atoms with Gasteiger partial charge in [-0.05, 0) is 42.4 Å². The highest BCUT2D eigenvalue weighted by molar-refractivity contribution is 7.89.